The summed E-state index contributed by atoms with van der Waals surface area (Å²) in [5, 5.41) is 8.45. The van der Waals surface area contributed by atoms with Crippen LogP contribution in [0, 0.1) is 0 Å². The van der Waals surface area contributed by atoms with Crippen LogP contribution in [-0.4, -0.2) is 12.9 Å². The van der Waals surface area contributed by atoms with Gasteiger partial charge in [-0.1, -0.05) is 48.5 Å². The molecule has 0 aliphatic heterocycles. The second-order valence-electron chi connectivity index (χ2n) is 5.11. The predicted molar refractivity (Wildman–Crippen MR) is 93.5 cm³/mol. The van der Waals surface area contributed by atoms with Crippen LogP contribution in [0.5, 0.6) is 5.75 Å². The second-order valence-corrected chi connectivity index (χ2v) is 5.11. The number of ketones is 1. The van der Waals surface area contributed by atoms with Crippen molar-refractivity contribution in [3.05, 3.63) is 90.0 Å². The van der Waals surface area contributed by atoms with Gasteiger partial charge in [0.05, 0.1) is 24.0 Å². The highest BCUT2D eigenvalue weighted by molar-refractivity contribution is 6.12. The largest absolute Gasteiger partial charge is 0.497 e. The summed E-state index contributed by atoms with van der Waals surface area (Å²) in [5.41, 5.74) is 2.29. The van der Waals surface area contributed by atoms with Gasteiger partial charge in [-0.15, -0.1) is 5.11 Å². The van der Waals surface area contributed by atoms with Crippen molar-refractivity contribution in [1.29, 1.82) is 0 Å². The number of ether oxygens (including phenoxy) is 1. The molecule has 0 N–H and O–H groups in total. The minimum Gasteiger partial charge on any atom is -0.497 e. The molecule has 3 aromatic rings. The highest BCUT2D eigenvalue weighted by Gasteiger charge is 2.14. The first-order chi connectivity index (χ1) is 11.8. The number of carbonyl (C=O) groups excluding carboxylic acids is 1. The molecule has 24 heavy (non-hydrogen) atoms. The summed E-state index contributed by atoms with van der Waals surface area (Å²) in [6, 6.07) is 23.7. The first-order valence-electron chi connectivity index (χ1n) is 7.52. The zero-order valence-corrected chi connectivity index (χ0v) is 13.2. The molecular formula is C20H16N2O2. The van der Waals surface area contributed by atoms with E-state index in [4.69, 9.17) is 4.74 Å². The summed E-state index contributed by atoms with van der Waals surface area (Å²) in [5.74, 6) is 0.490. The lowest BCUT2D eigenvalue weighted by atomic mass is 10.0. The Balaban J connectivity index is 2.00. The molecule has 0 saturated heterocycles. The lowest BCUT2D eigenvalue weighted by Gasteiger charge is -2.07. The first kappa shape index (κ1) is 15.6. The molecule has 0 radical (unpaired) electrons. The minimum atomic E-state index is -0.114. The molecule has 3 rings (SSSR count). The van der Waals surface area contributed by atoms with Gasteiger partial charge in [-0.05, 0) is 30.3 Å². The van der Waals surface area contributed by atoms with E-state index in [0.29, 0.717) is 22.6 Å². The number of azo groups is 1. The van der Waals surface area contributed by atoms with Gasteiger partial charge in [0.15, 0.2) is 5.78 Å². The fourth-order valence-corrected chi connectivity index (χ4v) is 2.26. The van der Waals surface area contributed by atoms with E-state index in [1.165, 1.54) is 0 Å². The van der Waals surface area contributed by atoms with Crippen molar-refractivity contribution < 1.29 is 9.53 Å². The fraction of sp³-hybridized carbons (Fsp3) is 0.0500. The van der Waals surface area contributed by atoms with Crippen molar-refractivity contribution in [1.82, 2.24) is 0 Å². The average Bonchev–Trinajstić information content (AvgIpc) is 2.67. The highest BCUT2D eigenvalue weighted by Crippen LogP contribution is 2.28. The Hall–Kier alpha value is -3.27. The topological polar surface area (TPSA) is 51.0 Å². The molecule has 0 aliphatic rings. The number of nitrogens with zero attached hydrogens (tertiary/aromatic N) is 2. The number of benzene rings is 3. The van der Waals surface area contributed by atoms with E-state index in [1.807, 2.05) is 48.5 Å². The Morgan fingerprint density at radius 1 is 0.833 bits per heavy atom. The maximum Gasteiger partial charge on any atom is 0.195 e. The summed E-state index contributed by atoms with van der Waals surface area (Å²) in [6.07, 6.45) is 0. The maximum atomic E-state index is 12.8. The molecule has 0 aromatic heterocycles. The number of methoxy groups -OCH3 is 1. The first-order valence-corrected chi connectivity index (χ1v) is 7.52. The van der Waals surface area contributed by atoms with Crippen LogP contribution in [0.15, 0.2) is 89.1 Å². The molecule has 0 spiro atoms. The molecular weight excluding hydrogens is 300 g/mol. The van der Waals surface area contributed by atoms with E-state index in [9.17, 15) is 4.79 Å². The van der Waals surface area contributed by atoms with Gasteiger partial charge in [-0.3, -0.25) is 4.79 Å². The van der Waals surface area contributed by atoms with Gasteiger partial charge in [-0.2, -0.15) is 5.11 Å². The van der Waals surface area contributed by atoms with Crippen molar-refractivity contribution in [3.8, 4) is 5.75 Å². The standard InChI is InChI=1S/C20H16N2O2/c1-24-17-12-13-19(22-21-16-10-6-3-7-11-16)18(14-17)20(23)15-8-4-2-5-9-15/h2-14H,1H3. The lowest BCUT2D eigenvalue weighted by molar-refractivity contribution is 0.103. The molecule has 0 amide bonds. The molecule has 4 nitrogen and oxygen atoms in total. The van der Waals surface area contributed by atoms with Crippen molar-refractivity contribution in [2.24, 2.45) is 10.2 Å². The minimum absolute atomic E-state index is 0.114. The van der Waals surface area contributed by atoms with Gasteiger partial charge in [0.2, 0.25) is 0 Å². The SMILES string of the molecule is COc1ccc(N=Nc2ccccc2)c(C(=O)c2ccccc2)c1. The average molecular weight is 316 g/mol. The molecule has 3 aromatic carbocycles. The van der Waals surface area contributed by atoms with E-state index >= 15 is 0 Å². The quantitative estimate of drug-likeness (QED) is 0.471. The van der Waals surface area contributed by atoms with Crippen LogP contribution in [0.4, 0.5) is 11.4 Å². The number of carbonyl (C=O) groups is 1. The fourth-order valence-electron chi connectivity index (χ4n) is 2.26. The third kappa shape index (κ3) is 3.55. The van der Waals surface area contributed by atoms with Crippen LogP contribution in [0.3, 0.4) is 0 Å². The lowest BCUT2D eigenvalue weighted by Crippen LogP contribution is -2.02. The van der Waals surface area contributed by atoms with Crippen molar-refractivity contribution in [3.63, 3.8) is 0 Å². The molecule has 0 aliphatic carbocycles. The Kier molecular flexibility index (Phi) is 4.77. The van der Waals surface area contributed by atoms with Crippen LogP contribution >= 0.6 is 0 Å². The molecule has 118 valence electrons. The predicted octanol–water partition coefficient (Wildman–Crippen LogP) is 5.34. The van der Waals surface area contributed by atoms with E-state index in [1.54, 1.807) is 37.4 Å². The third-order valence-electron chi connectivity index (χ3n) is 3.51. The van der Waals surface area contributed by atoms with Gasteiger partial charge >= 0.3 is 0 Å². The molecule has 0 atom stereocenters. The van der Waals surface area contributed by atoms with Crippen molar-refractivity contribution >= 4 is 17.2 Å². The second kappa shape index (κ2) is 7.33. The van der Waals surface area contributed by atoms with Crippen molar-refractivity contribution in [2.75, 3.05) is 7.11 Å². The smallest absolute Gasteiger partial charge is 0.195 e. The molecule has 0 saturated carbocycles. The normalized spacial score (nSPS) is 10.7. The summed E-state index contributed by atoms with van der Waals surface area (Å²) < 4.78 is 5.23. The highest BCUT2D eigenvalue weighted by atomic mass is 16.5. The Morgan fingerprint density at radius 3 is 2.17 bits per heavy atom. The van der Waals surface area contributed by atoms with Crippen LogP contribution < -0.4 is 4.74 Å². The molecule has 0 heterocycles. The third-order valence-corrected chi connectivity index (χ3v) is 3.51. The number of hydrogen-bond donors (Lipinski definition) is 0. The van der Waals surface area contributed by atoms with Crippen LogP contribution in [0.1, 0.15) is 15.9 Å². The van der Waals surface area contributed by atoms with E-state index in [0.717, 1.165) is 5.69 Å². The Morgan fingerprint density at radius 2 is 1.50 bits per heavy atom. The van der Waals surface area contributed by atoms with Gasteiger partial charge < -0.3 is 4.74 Å². The monoisotopic (exact) mass is 316 g/mol. The summed E-state index contributed by atoms with van der Waals surface area (Å²) in [4.78, 5) is 12.8. The molecule has 0 unspecified atom stereocenters. The van der Waals surface area contributed by atoms with Crippen molar-refractivity contribution in [2.45, 2.75) is 0 Å². The Bertz CT molecular complexity index is 859. The van der Waals surface area contributed by atoms with Gasteiger partial charge in [0.25, 0.3) is 0 Å². The van der Waals surface area contributed by atoms with Gasteiger partial charge in [0, 0.05) is 5.56 Å². The molecule has 4 heteroatoms. The molecule has 0 fully saturated rings. The zero-order valence-electron chi connectivity index (χ0n) is 13.2. The van der Waals surface area contributed by atoms with Crippen LogP contribution in [-0.2, 0) is 0 Å². The zero-order chi connectivity index (χ0) is 16.8. The van der Waals surface area contributed by atoms with Gasteiger partial charge in [0.1, 0.15) is 5.75 Å². The number of hydrogen-bond acceptors (Lipinski definition) is 4. The van der Waals surface area contributed by atoms with Gasteiger partial charge in [-0.25, -0.2) is 0 Å². The Labute approximate surface area is 140 Å². The summed E-state index contributed by atoms with van der Waals surface area (Å²) in [6.45, 7) is 0. The molecule has 0 bridgehead atoms. The summed E-state index contributed by atoms with van der Waals surface area (Å²) >= 11 is 0. The number of rotatable bonds is 5. The van der Waals surface area contributed by atoms with Crippen LogP contribution in [0.2, 0.25) is 0 Å². The van der Waals surface area contributed by atoms with Crippen LogP contribution in [0.25, 0.3) is 0 Å². The summed E-state index contributed by atoms with van der Waals surface area (Å²) in [7, 11) is 1.57. The maximum absolute atomic E-state index is 12.8. The van der Waals surface area contributed by atoms with E-state index in [2.05, 4.69) is 10.2 Å². The van der Waals surface area contributed by atoms with E-state index in [-0.39, 0.29) is 5.78 Å². The van der Waals surface area contributed by atoms with E-state index < -0.39 is 0 Å².